The number of rotatable bonds is 8. The van der Waals surface area contributed by atoms with Gasteiger partial charge in [-0.15, -0.1) is 0 Å². The summed E-state index contributed by atoms with van der Waals surface area (Å²) in [6, 6.07) is 14.4. The second-order valence-electron chi connectivity index (χ2n) is 7.04. The summed E-state index contributed by atoms with van der Waals surface area (Å²) in [6.07, 6.45) is 0.703. The number of carbonyl (C=O) groups is 2. The van der Waals surface area contributed by atoms with Crippen molar-refractivity contribution >= 4 is 35.0 Å². The van der Waals surface area contributed by atoms with E-state index in [1.165, 1.54) is 0 Å². The minimum atomic E-state index is -0.597. The Kier molecular flexibility index (Phi) is 8.34. The third-order valence-electron chi connectivity index (χ3n) is 4.47. The van der Waals surface area contributed by atoms with Crippen molar-refractivity contribution in [2.75, 3.05) is 6.54 Å². The van der Waals surface area contributed by atoms with Gasteiger partial charge in [0.15, 0.2) is 0 Å². The summed E-state index contributed by atoms with van der Waals surface area (Å²) in [4.78, 5) is 27.2. The van der Waals surface area contributed by atoms with E-state index in [1.807, 2.05) is 44.2 Å². The molecule has 2 aromatic carbocycles. The standard InChI is InChI=1S/C22H26Cl2N2O2/c1-15(2)25-22(28)16(3)26(13-12-17-8-5-4-6-9-17)21(27)14-18-19(23)10-7-11-20(18)24/h4-11,15-16H,12-14H2,1-3H3,(H,25,28)/t16-/m1/s1. The summed E-state index contributed by atoms with van der Waals surface area (Å²) in [6.45, 7) is 5.96. The van der Waals surface area contributed by atoms with E-state index >= 15 is 0 Å². The third-order valence-corrected chi connectivity index (χ3v) is 5.18. The maximum atomic E-state index is 13.1. The van der Waals surface area contributed by atoms with E-state index in [4.69, 9.17) is 23.2 Å². The summed E-state index contributed by atoms with van der Waals surface area (Å²) in [7, 11) is 0. The Morgan fingerprint density at radius 3 is 2.14 bits per heavy atom. The van der Waals surface area contributed by atoms with E-state index in [2.05, 4.69) is 5.32 Å². The highest BCUT2D eigenvalue weighted by Gasteiger charge is 2.27. The molecule has 6 heteroatoms. The average molecular weight is 421 g/mol. The van der Waals surface area contributed by atoms with Crippen LogP contribution in [0, 0.1) is 0 Å². The Hall–Kier alpha value is -2.04. The molecule has 1 atom stereocenters. The summed E-state index contributed by atoms with van der Waals surface area (Å²) < 4.78 is 0. The Morgan fingerprint density at radius 1 is 0.964 bits per heavy atom. The molecule has 0 aliphatic carbocycles. The molecule has 0 aliphatic heterocycles. The molecule has 4 nitrogen and oxygen atoms in total. The normalized spacial score (nSPS) is 11.9. The van der Waals surface area contributed by atoms with Crippen molar-refractivity contribution in [3.8, 4) is 0 Å². The van der Waals surface area contributed by atoms with Crippen LogP contribution >= 0.6 is 23.2 Å². The molecule has 0 unspecified atom stereocenters. The first-order valence-corrected chi connectivity index (χ1v) is 10.1. The van der Waals surface area contributed by atoms with E-state index in [0.29, 0.717) is 28.6 Å². The molecular formula is C22H26Cl2N2O2. The highest BCUT2D eigenvalue weighted by atomic mass is 35.5. The second kappa shape index (κ2) is 10.5. The van der Waals surface area contributed by atoms with Gasteiger partial charge in [0.1, 0.15) is 6.04 Å². The largest absolute Gasteiger partial charge is 0.352 e. The zero-order valence-electron chi connectivity index (χ0n) is 16.4. The minimum absolute atomic E-state index is 0.000891. The minimum Gasteiger partial charge on any atom is -0.352 e. The van der Waals surface area contributed by atoms with Gasteiger partial charge in [-0.1, -0.05) is 59.6 Å². The number of amides is 2. The lowest BCUT2D eigenvalue weighted by molar-refractivity contribution is -0.139. The van der Waals surface area contributed by atoms with E-state index in [-0.39, 0.29) is 24.3 Å². The molecule has 2 amide bonds. The van der Waals surface area contributed by atoms with Crippen molar-refractivity contribution in [1.29, 1.82) is 0 Å². The molecule has 2 rings (SSSR count). The molecule has 0 radical (unpaired) electrons. The number of nitrogens with zero attached hydrogens (tertiary/aromatic N) is 1. The van der Waals surface area contributed by atoms with Crippen LogP contribution < -0.4 is 5.32 Å². The predicted octanol–water partition coefficient (Wildman–Crippen LogP) is 4.52. The van der Waals surface area contributed by atoms with Gasteiger partial charge in [-0.05, 0) is 50.5 Å². The van der Waals surface area contributed by atoms with Gasteiger partial charge in [-0.25, -0.2) is 0 Å². The number of hydrogen-bond acceptors (Lipinski definition) is 2. The number of hydrogen-bond donors (Lipinski definition) is 1. The second-order valence-corrected chi connectivity index (χ2v) is 7.85. The van der Waals surface area contributed by atoms with Crippen LogP contribution in [0.2, 0.25) is 10.0 Å². The van der Waals surface area contributed by atoms with Crippen molar-refractivity contribution in [2.24, 2.45) is 0 Å². The van der Waals surface area contributed by atoms with Crippen molar-refractivity contribution in [1.82, 2.24) is 10.2 Å². The van der Waals surface area contributed by atoms with E-state index in [0.717, 1.165) is 5.56 Å². The van der Waals surface area contributed by atoms with Gasteiger partial charge < -0.3 is 10.2 Å². The van der Waals surface area contributed by atoms with Gasteiger partial charge in [-0.3, -0.25) is 9.59 Å². The molecule has 1 N–H and O–H groups in total. The van der Waals surface area contributed by atoms with Gasteiger partial charge in [0.05, 0.1) is 6.42 Å². The van der Waals surface area contributed by atoms with Crippen LogP contribution in [-0.4, -0.2) is 35.3 Å². The molecule has 0 heterocycles. The maximum absolute atomic E-state index is 13.1. The zero-order chi connectivity index (χ0) is 20.7. The van der Waals surface area contributed by atoms with Crippen LogP contribution in [0.15, 0.2) is 48.5 Å². The van der Waals surface area contributed by atoms with Crippen LogP contribution in [0.4, 0.5) is 0 Å². The fourth-order valence-corrected chi connectivity index (χ4v) is 3.46. The highest BCUT2D eigenvalue weighted by Crippen LogP contribution is 2.25. The Bertz CT molecular complexity index is 789. The van der Waals surface area contributed by atoms with Gasteiger partial charge in [-0.2, -0.15) is 0 Å². The highest BCUT2D eigenvalue weighted by molar-refractivity contribution is 6.36. The third kappa shape index (κ3) is 6.25. The fraction of sp³-hybridized carbons (Fsp3) is 0.364. The monoisotopic (exact) mass is 420 g/mol. The average Bonchev–Trinajstić information content (AvgIpc) is 2.65. The van der Waals surface area contributed by atoms with Crippen LogP contribution in [0.1, 0.15) is 31.9 Å². The van der Waals surface area contributed by atoms with E-state index in [1.54, 1.807) is 30.0 Å². The molecule has 150 valence electrons. The van der Waals surface area contributed by atoms with Crippen molar-refractivity contribution < 1.29 is 9.59 Å². The number of halogens is 2. The molecule has 0 aromatic heterocycles. The topological polar surface area (TPSA) is 49.4 Å². The number of benzene rings is 2. The van der Waals surface area contributed by atoms with Crippen LogP contribution in [0.5, 0.6) is 0 Å². The molecule has 2 aromatic rings. The summed E-state index contributed by atoms with van der Waals surface area (Å²) in [5, 5.41) is 3.77. The van der Waals surface area contributed by atoms with Crippen LogP contribution in [0.25, 0.3) is 0 Å². The number of carbonyl (C=O) groups excluding carboxylic acids is 2. The fourth-order valence-electron chi connectivity index (χ4n) is 2.93. The van der Waals surface area contributed by atoms with Crippen molar-refractivity contribution in [2.45, 2.75) is 45.7 Å². The molecule has 0 saturated heterocycles. The SMILES string of the molecule is CC(C)NC(=O)[C@@H](C)N(CCc1ccccc1)C(=O)Cc1c(Cl)cccc1Cl. The Morgan fingerprint density at radius 2 is 1.57 bits per heavy atom. The molecule has 0 fully saturated rings. The first-order chi connectivity index (χ1) is 13.3. The molecule has 0 saturated carbocycles. The summed E-state index contributed by atoms with van der Waals surface area (Å²) in [5.74, 6) is -0.362. The molecule has 28 heavy (non-hydrogen) atoms. The lowest BCUT2D eigenvalue weighted by Crippen LogP contribution is -2.50. The lowest BCUT2D eigenvalue weighted by atomic mass is 10.1. The van der Waals surface area contributed by atoms with Crippen LogP contribution in [0.3, 0.4) is 0 Å². The lowest BCUT2D eigenvalue weighted by Gasteiger charge is -2.29. The predicted molar refractivity (Wildman–Crippen MR) is 115 cm³/mol. The molecule has 0 aliphatic rings. The maximum Gasteiger partial charge on any atom is 0.242 e. The molecule has 0 spiro atoms. The first kappa shape index (κ1) is 22.3. The summed E-state index contributed by atoms with van der Waals surface area (Å²) >= 11 is 12.5. The number of nitrogens with one attached hydrogen (secondary N) is 1. The van der Waals surface area contributed by atoms with Gasteiger partial charge >= 0.3 is 0 Å². The molecular weight excluding hydrogens is 395 g/mol. The Balaban J connectivity index is 2.20. The van der Waals surface area contributed by atoms with Gasteiger partial charge in [0.25, 0.3) is 0 Å². The van der Waals surface area contributed by atoms with Crippen LogP contribution in [-0.2, 0) is 22.4 Å². The van der Waals surface area contributed by atoms with E-state index < -0.39 is 6.04 Å². The smallest absolute Gasteiger partial charge is 0.242 e. The molecule has 0 bridgehead atoms. The summed E-state index contributed by atoms with van der Waals surface area (Å²) in [5.41, 5.74) is 1.68. The quantitative estimate of drug-likeness (QED) is 0.682. The van der Waals surface area contributed by atoms with Gasteiger partial charge in [0, 0.05) is 22.6 Å². The van der Waals surface area contributed by atoms with Crippen molar-refractivity contribution in [3.63, 3.8) is 0 Å². The van der Waals surface area contributed by atoms with Gasteiger partial charge in [0.2, 0.25) is 11.8 Å². The first-order valence-electron chi connectivity index (χ1n) is 9.36. The van der Waals surface area contributed by atoms with Crippen molar-refractivity contribution in [3.05, 3.63) is 69.7 Å². The zero-order valence-corrected chi connectivity index (χ0v) is 17.9. The Labute approximate surface area is 176 Å². The van der Waals surface area contributed by atoms with E-state index in [9.17, 15) is 9.59 Å².